The zero-order valence-electron chi connectivity index (χ0n) is 21.5. The molecule has 2 aromatic rings. The highest BCUT2D eigenvalue weighted by Gasteiger charge is 2.33. The summed E-state index contributed by atoms with van der Waals surface area (Å²) >= 11 is 0. The average Bonchev–Trinajstić information content (AvgIpc) is 3.29. The largest absolute Gasteiger partial charge is 0.444 e. The van der Waals surface area contributed by atoms with Crippen LogP contribution in [0.5, 0.6) is 0 Å². The quantitative estimate of drug-likeness (QED) is 0.688. The fraction of sp³-hybridized carbons (Fsp3) is 0.577. The van der Waals surface area contributed by atoms with Gasteiger partial charge in [0.15, 0.2) is 5.82 Å². The maximum Gasteiger partial charge on any atom is 0.410 e. The number of piperidine rings is 2. The molecular formula is C26H35N5O5. The number of benzene rings is 1. The number of aryl methyl sites for hydroxylation is 1. The smallest absolute Gasteiger partial charge is 0.410 e. The van der Waals surface area contributed by atoms with E-state index in [0.29, 0.717) is 43.5 Å². The van der Waals surface area contributed by atoms with Gasteiger partial charge in [0.25, 0.3) is 11.8 Å². The minimum atomic E-state index is -0.573. The van der Waals surface area contributed by atoms with Crippen molar-refractivity contribution in [2.75, 3.05) is 26.2 Å². The number of nitrogens with zero attached hydrogens (tertiary/aromatic N) is 4. The first kappa shape index (κ1) is 25.7. The van der Waals surface area contributed by atoms with Crippen molar-refractivity contribution in [3.05, 3.63) is 35.7 Å². The van der Waals surface area contributed by atoms with Crippen molar-refractivity contribution in [2.45, 2.75) is 65.0 Å². The molecule has 3 amide bonds. The number of rotatable bonds is 4. The lowest BCUT2D eigenvalue weighted by molar-refractivity contribution is -0.127. The topological polar surface area (TPSA) is 118 Å². The minimum Gasteiger partial charge on any atom is -0.444 e. The van der Waals surface area contributed by atoms with Crippen LogP contribution in [0.1, 0.15) is 62.6 Å². The maximum atomic E-state index is 13.1. The second-order valence-corrected chi connectivity index (χ2v) is 10.6. The zero-order valence-corrected chi connectivity index (χ0v) is 21.5. The number of likely N-dealkylation sites (tertiary alicyclic amines) is 2. The molecule has 0 bridgehead atoms. The summed E-state index contributed by atoms with van der Waals surface area (Å²) in [6.07, 6.45) is 2.73. The molecule has 2 atom stereocenters. The summed E-state index contributed by atoms with van der Waals surface area (Å²) in [6.45, 7) is 9.29. The van der Waals surface area contributed by atoms with Crippen molar-refractivity contribution in [2.24, 2.45) is 5.92 Å². The first-order valence-electron chi connectivity index (χ1n) is 12.6. The van der Waals surface area contributed by atoms with Gasteiger partial charge in [-0.2, -0.15) is 4.98 Å². The van der Waals surface area contributed by atoms with E-state index < -0.39 is 5.60 Å². The van der Waals surface area contributed by atoms with Crippen LogP contribution in [0.4, 0.5) is 4.79 Å². The van der Waals surface area contributed by atoms with Crippen LogP contribution in [0, 0.1) is 12.8 Å². The third kappa shape index (κ3) is 6.41. The van der Waals surface area contributed by atoms with Gasteiger partial charge in [-0.15, -0.1) is 0 Å². The molecule has 10 heteroatoms. The molecule has 2 fully saturated rings. The molecule has 2 saturated heterocycles. The van der Waals surface area contributed by atoms with Crippen LogP contribution >= 0.6 is 0 Å². The Morgan fingerprint density at radius 1 is 1.03 bits per heavy atom. The van der Waals surface area contributed by atoms with Gasteiger partial charge in [-0.05, 0) is 77.6 Å². The van der Waals surface area contributed by atoms with Crippen LogP contribution < -0.4 is 5.32 Å². The number of hydrogen-bond donors (Lipinski definition) is 1. The molecule has 2 aliphatic rings. The lowest BCUT2D eigenvalue weighted by atomic mass is 9.96. The molecule has 3 heterocycles. The highest BCUT2D eigenvalue weighted by molar-refractivity contribution is 5.94. The zero-order chi connectivity index (χ0) is 25.9. The van der Waals surface area contributed by atoms with Crippen molar-refractivity contribution >= 4 is 17.9 Å². The number of amides is 3. The first-order valence-corrected chi connectivity index (χ1v) is 12.6. The highest BCUT2D eigenvalue weighted by atomic mass is 16.6. The van der Waals surface area contributed by atoms with Gasteiger partial charge in [-0.25, -0.2) is 4.79 Å². The molecule has 1 aromatic carbocycles. The Kier molecular flexibility index (Phi) is 7.61. The summed E-state index contributed by atoms with van der Waals surface area (Å²) in [5.41, 5.74) is 0.752. The van der Waals surface area contributed by atoms with Crippen molar-refractivity contribution in [3.8, 4) is 11.5 Å². The average molecular weight is 498 g/mol. The summed E-state index contributed by atoms with van der Waals surface area (Å²) in [4.78, 5) is 46.2. The number of nitrogens with one attached hydrogen (secondary N) is 1. The van der Waals surface area contributed by atoms with Crippen molar-refractivity contribution in [1.29, 1.82) is 0 Å². The van der Waals surface area contributed by atoms with Crippen LogP contribution in [-0.2, 0) is 9.53 Å². The Hall–Kier alpha value is -3.43. The summed E-state index contributed by atoms with van der Waals surface area (Å²) in [5, 5.41) is 6.92. The number of carbonyl (C=O) groups is 3. The minimum absolute atomic E-state index is 0.0678. The van der Waals surface area contributed by atoms with Crippen LogP contribution in [0.15, 0.2) is 28.8 Å². The van der Waals surface area contributed by atoms with E-state index >= 15 is 0 Å². The second-order valence-electron chi connectivity index (χ2n) is 10.6. The van der Waals surface area contributed by atoms with Gasteiger partial charge in [0, 0.05) is 43.3 Å². The lowest BCUT2D eigenvalue weighted by Crippen LogP contribution is -2.53. The van der Waals surface area contributed by atoms with Crippen LogP contribution in [0.25, 0.3) is 11.5 Å². The molecule has 36 heavy (non-hydrogen) atoms. The van der Waals surface area contributed by atoms with E-state index in [9.17, 15) is 14.4 Å². The van der Waals surface area contributed by atoms with Gasteiger partial charge in [0.1, 0.15) is 5.60 Å². The molecule has 1 aromatic heterocycles. The van der Waals surface area contributed by atoms with Gasteiger partial charge < -0.3 is 24.4 Å². The molecule has 0 radical (unpaired) electrons. The summed E-state index contributed by atoms with van der Waals surface area (Å²) in [6, 6.07) is 6.98. The number of aromatic nitrogens is 2. The monoisotopic (exact) mass is 497 g/mol. The first-order chi connectivity index (χ1) is 17.1. The van der Waals surface area contributed by atoms with Gasteiger partial charge >= 0.3 is 6.09 Å². The van der Waals surface area contributed by atoms with Gasteiger partial charge in [0.2, 0.25) is 5.91 Å². The van der Waals surface area contributed by atoms with Gasteiger partial charge in [-0.3, -0.25) is 9.59 Å². The standard InChI is InChI=1S/C26H35N5O5/c1-17-27-23(36-29-17)18-9-11-19(12-10-18)24(33)30-13-6-8-21(16-30)28-22(32)20-7-5-14-31(15-20)25(34)35-26(2,3)4/h9-12,20-21H,5-8,13-16H2,1-4H3,(H,28,32)/t20-,21-/m1/s1. The lowest BCUT2D eigenvalue weighted by Gasteiger charge is -2.36. The molecule has 0 spiro atoms. The van der Waals surface area contributed by atoms with E-state index in [-0.39, 0.29) is 29.9 Å². The van der Waals surface area contributed by atoms with E-state index in [0.717, 1.165) is 31.2 Å². The van der Waals surface area contributed by atoms with E-state index in [2.05, 4.69) is 15.5 Å². The van der Waals surface area contributed by atoms with E-state index in [1.165, 1.54) is 0 Å². The second kappa shape index (κ2) is 10.7. The van der Waals surface area contributed by atoms with Crippen molar-refractivity contribution < 1.29 is 23.6 Å². The van der Waals surface area contributed by atoms with Gasteiger partial charge in [-0.1, -0.05) is 5.16 Å². The summed E-state index contributed by atoms with van der Waals surface area (Å²) in [7, 11) is 0. The van der Waals surface area contributed by atoms with E-state index in [1.54, 1.807) is 41.0 Å². The Balaban J connectivity index is 1.31. The van der Waals surface area contributed by atoms with Crippen molar-refractivity contribution in [1.82, 2.24) is 25.3 Å². The highest BCUT2D eigenvalue weighted by Crippen LogP contribution is 2.22. The third-order valence-corrected chi connectivity index (χ3v) is 6.41. The van der Waals surface area contributed by atoms with Crippen LogP contribution in [0.3, 0.4) is 0 Å². The molecule has 1 N–H and O–H groups in total. The fourth-order valence-electron chi connectivity index (χ4n) is 4.63. The normalized spacial score (nSPS) is 20.7. The van der Waals surface area contributed by atoms with Crippen molar-refractivity contribution in [3.63, 3.8) is 0 Å². The Bertz CT molecular complexity index is 1090. The molecule has 0 saturated carbocycles. The fourth-order valence-corrected chi connectivity index (χ4v) is 4.63. The Morgan fingerprint density at radius 2 is 1.72 bits per heavy atom. The molecule has 0 aliphatic carbocycles. The summed E-state index contributed by atoms with van der Waals surface area (Å²) < 4.78 is 10.7. The number of carbonyl (C=O) groups excluding carboxylic acids is 3. The third-order valence-electron chi connectivity index (χ3n) is 6.41. The molecule has 194 valence electrons. The summed E-state index contributed by atoms with van der Waals surface area (Å²) in [5.74, 6) is 0.550. The van der Waals surface area contributed by atoms with Crippen LogP contribution in [-0.4, -0.2) is 75.7 Å². The van der Waals surface area contributed by atoms with Gasteiger partial charge in [0.05, 0.1) is 5.92 Å². The Morgan fingerprint density at radius 3 is 2.39 bits per heavy atom. The molecule has 10 nitrogen and oxygen atoms in total. The van der Waals surface area contributed by atoms with E-state index in [1.807, 2.05) is 20.8 Å². The molecular weight excluding hydrogens is 462 g/mol. The molecule has 4 rings (SSSR count). The van der Waals surface area contributed by atoms with Crippen LogP contribution in [0.2, 0.25) is 0 Å². The number of hydrogen-bond acceptors (Lipinski definition) is 7. The predicted molar refractivity (Wildman–Crippen MR) is 132 cm³/mol. The SMILES string of the molecule is Cc1noc(-c2ccc(C(=O)N3CCC[C@@H](NC(=O)[C@@H]4CCCN(C(=O)OC(C)(C)C)C4)C3)cc2)n1. The molecule has 0 unspecified atom stereocenters. The van der Waals surface area contributed by atoms with E-state index in [4.69, 9.17) is 9.26 Å². The number of ether oxygens (including phenoxy) is 1. The maximum absolute atomic E-state index is 13.1. The Labute approximate surface area is 211 Å². The predicted octanol–water partition coefficient (Wildman–Crippen LogP) is 3.41. The molecule has 2 aliphatic heterocycles.